The van der Waals surface area contributed by atoms with E-state index < -0.39 is 0 Å². The molecular weight excluding hydrogens is 314 g/mol. The molecule has 0 saturated carbocycles. The SMILES string of the molecule is Cc1ncsc1CCOC(=O)c1ccc(Br)cc1. The van der Waals surface area contributed by atoms with Gasteiger partial charge in [0.2, 0.25) is 0 Å². The maximum absolute atomic E-state index is 11.7. The van der Waals surface area contributed by atoms with Crippen molar-refractivity contribution < 1.29 is 9.53 Å². The third-order valence-electron chi connectivity index (χ3n) is 2.49. The summed E-state index contributed by atoms with van der Waals surface area (Å²) in [5.41, 5.74) is 3.39. The van der Waals surface area contributed by atoms with Gasteiger partial charge in [-0.2, -0.15) is 0 Å². The van der Waals surface area contributed by atoms with Crippen LogP contribution < -0.4 is 0 Å². The Balaban J connectivity index is 1.85. The van der Waals surface area contributed by atoms with Gasteiger partial charge < -0.3 is 4.74 Å². The zero-order valence-corrected chi connectivity index (χ0v) is 12.3. The number of esters is 1. The molecule has 94 valence electrons. The van der Waals surface area contributed by atoms with Crippen LogP contribution in [0.1, 0.15) is 20.9 Å². The number of aromatic nitrogens is 1. The van der Waals surface area contributed by atoms with Crippen LogP contribution in [0.25, 0.3) is 0 Å². The van der Waals surface area contributed by atoms with Gasteiger partial charge in [0.05, 0.1) is 23.4 Å². The van der Waals surface area contributed by atoms with E-state index in [1.165, 1.54) is 4.88 Å². The van der Waals surface area contributed by atoms with Crippen molar-refractivity contribution in [3.8, 4) is 0 Å². The number of carbonyl (C=O) groups is 1. The highest BCUT2D eigenvalue weighted by atomic mass is 79.9. The minimum absolute atomic E-state index is 0.287. The first kappa shape index (κ1) is 13.2. The molecule has 0 aliphatic carbocycles. The van der Waals surface area contributed by atoms with Gasteiger partial charge >= 0.3 is 5.97 Å². The fourth-order valence-electron chi connectivity index (χ4n) is 1.47. The molecule has 0 radical (unpaired) electrons. The van der Waals surface area contributed by atoms with Crippen molar-refractivity contribution in [1.29, 1.82) is 0 Å². The maximum Gasteiger partial charge on any atom is 0.338 e. The van der Waals surface area contributed by atoms with Gasteiger partial charge in [0.25, 0.3) is 0 Å². The molecule has 1 heterocycles. The number of ether oxygens (including phenoxy) is 1. The topological polar surface area (TPSA) is 39.2 Å². The first-order valence-corrected chi connectivity index (χ1v) is 7.16. The summed E-state index contributed by atoms with van der Waals surface area (Å²) >= 11 is 4.91. The Morgan fingerprint density at radius 1 is 1.39 bits per heavy atom. The van der Waals surface area contributed by atoms with Crippen LogP contribution in [0.5, 0.6) is 0 Å². The number of nitrogens with zero attached hydrogens (tertiary/aromatic N) is 1. The summed E-state index contributed by atoms with van der Waals surface area (Å²) in [6, 6.07) is 7.13. The lowest BCUT2D eigenvalue weighted by molar-refractivity contribution is 0.0510. The summed E-state index contributed by atoms with van der Waals surface area (Å²) in [5.74, 6) is -0.287. The Labute approximate surface area is 118 Å². The molecule has 0 amide bonds. The third-order valence-corrected chi connectivity index (χ3v) is 4.01. The van der Waals surface area contributed by atoms with Gasteiger partial charge in [-0.1, -0.05) is 15.9 Å². The van der Waals surface area contributed by atoms with E-state index in [0.29, 0.717) is 12.2 Å². The monoisotopic (exact) mass is 325 g/mol. The highest BCUT2D eigenvalue weighted by Crippen LogP contribution is 2.14. The van der Waals surface area contributed by atoms with Crippen molar-refractivity contribution in [3.05, 3.63) is 50.4 Å². The molecule has 5 heteroatoms. The van der Waals surface area contributed by atoms with Gasteiger partial charge in [0, 0.05) is 15.8 Å². The Kier molecular flexibility index (Phi) is 4.49. The van der Waals surface area contributed by atoms with E-state index in [2.05, 4.69) is 20.9 Å². The summed E-state index contributed by atoms with van der Waals surface area (Å²) in [5, 5.41) is 0. The second-order valence-corrected chi connectivity index (χ2v) is 5.61. The maximum atomic E-state index is 11.7. The lowest BCUT2D eigenvalue weighted by Gasteiger charge is -2.04. The van der Waals surface area contributed by atoms with Crippen LogP contribution in [-0.2, 0) is 11.2 Å². The molecule has 3 nitrogen and oxygen atoms in total. The quantitative estimate of drug-likeness (QED) is 0.806. The van der Waals surface area contributed by atoms with E-state index >= 15 is 0 Å². The van der Waals surface area contributed by atoms with Gasteiger partial charge in [0.1, 0.15) is 0 Å². The lowest BCUT2D eigenvalue weighted by atomic mass is 10.2. The van der Waals surface area contributed by atoms with Gasteiger partial charge in [-0.05, 0) is 31.2 Å². The molecule has 0 saturated heterocycles. The molecule has 1 aromatic heterocycles. The fourth-order valence-corrected chi connectivity index (χ4v) is 2.50. The number of hydrogen-bond donors (Lipinski definition) is 0. The van der Waals surface area contributed by atoms with Gasteiger partial charge in [-0.3, -0.25) is 0 Å². The number of aryl methyl sites for hydroxylation is 1. The van der Waals surface area contributed by atoms with Gasteiger partial charge in [-0.15, -0.1) is 11.3 Å². The molecule has 0 N–H and O–H groups in total. The highest BCUT2D eigenvalue weighted by Gasteiger charge is 2.07. The normalized spacial score (nSPS) is 10.3. The molecule has 1 aromatic carbocycles. The highest BCUT2D eigenvalue weighted by molar-refractivity contribution is 9.10. The average Bonchev–Trinajstić information content (AvgIpc) is 2.76. The van der Waals surface area contributed by atoms with Gasteiger partial charge in [-0.25, -0.2) is 9.78 Å². The summed E-state index contributed by atoms with van der Waals surface area (Å²) < 4.78 is 6.16. The third kappa shape index (κ3) is 3.40. The molecule has 2 aromatic rings. The summed E-state index contributed by atoms with van der Waals surface area (Å²) in [6.45, 7) is 2.35. The fraction of sp³-hybridized carbons (Fsp3) is 0.231. The Morgan fingerprint density at radius 2 is 2.11 bits per heavy atom. The summed E-state index contributed by atoms with van der Waals surface area (Å²) in [6.07, 6.45) is 0.721. The van der Waals surface area contributed by atoms with E-state index in [9.17, 15) is 4.79 Å². The molecule has 0 atom stereocenters. The van der Waals surface area contributed by atoms with Crippen LogP contribution in [0.3, 0.4) is 0 Å². The van der Waals surface area contributed by atoms with E-state index in [4.69, 9.17) is 4.74 Å². The molecule has 0 fully saturated rings. The summed E-state index contributed by atoms with van der Waals surface area (Å²) in [7, 11) is 0. The first-order valence-electron chi connectivity index (χ1n) is 5.48. The van der Waals surface area contributed by atoms with Crippen LogP contribution in [0.4, 0.5) is 0 Å². The van der Waals surface area contributed by atoms with Crippen molar-refractivity contribution >= 4 is 33.2 Å². The minimum atomic E-state index is -0.287. The molecule has 0 bridgehead atoms. The van der Waals surface area contributed by atoms with Crippen LogP contribution in [0.15, 0.2) is 34.2 Å². The van der Waals surface area contributed by atoms with Crippen LogP contribution in [-0.4, -0.2) is 17.6 Å². The van der Waals surface area contributed by atoms with Crippen molar-refractivity contribution in [2.75, 3.05) is 6.61 Å². The number of hydrogen-bond acceptors (Lipinski definition) is 4. The van der Waals surface area contributed by atoms with Crippen molar-refractivity contribution in [3.63, 3.8) is 0 Å². The predicted octanol–water partition coefficient (Wildman–Crippen LogP) is 3.61. The smallest absolute Gasteiger partial charge is 0.338 e. The molecule has 0 spiro atoms. The van der Waals surface area contributed by atoms with Crippen molar-refractivity contribution in [1.82, 2.24) is 4.98 Å². The van der Waals surface area contributed by atoms with Crippen LogP contribution >= 0.6 is 27.3 Å². The second kappa shape index (κ2) is 6.11. The van der Waals surface area contributed by atoms with Gasteiger partial charge in [0.15, 0.2) is 0 Å². The molecule has 0 aliphatic rings. The first-order chi connectivity index (χ1) is 8.66. The second-order valence-electron chi connectivity index (χ2n) is 3.75. The number of thiazole rings is 1. The number of carbonyl (C=O) groups excluding carboxylic acids is 1. The van der Waals surface area contributed by atoms with Crippen molar-refractivity contribution in [2.45, 2.75) is 13.3 Å². The number of rotatable bonds is 4. The standard InChI is InChI=1S/C13H12BrNO2S/c1-9-12(18-8-15-9)6-7-17-13(16)10-2-4-11(14)5-3-10/h2-5,8H,6-7H2,1H3. The lowest BCUT2D eigenvalue weighted by Crippen LogP contribution is -2.08. The Morgan fingerprint density at radius 3 is 2.72 bits per heavy atom. The molecule has 0 unspecified atom stereocenters. The molecule has 18 heavy (non-hydrogen) atoms. The molecule has 0 aliphatic heterocycles. The predicted molar refractivity (Wildman–Crippen MR) is 75.0 cm³/mol. The summed E-state index contributed by atoms with van der Waals surface area (Å²) in [4.78, 5) is 17.0. The van der Waals surface area contributed by atoms with Crippen LogP contribution in [0, 0.1) is 6.92 Å². The number of halogens is 1. The zero-order valence-electron chi connectivity index (χ0n) is 9.85. The molecular formula is C13H12BrNO2S. The van der Waals surface area contributed by atoms with E-state index in [-0.39, 0.29) is 5.97 Å². The van der Waals surface area contributed by atoms with E-state index in [1.54, 1.807) is 29.0 Å². The number of benzene rings is 1. The van der Waals surface area contributed by atoms with Crippen LogP contribution in [0.2, 0.25) is 0 Å². The molecule has 2 rings (SSSR count). The Bertz CT molecular complexity index is 536. The van der Waals surface area contributed by atoms with Crippen molar-refractivity contribution in [2.24, 2.45) is 0 Å². The largest absolute Gasteiger partial charge is 0.462 e. The average molecular weight is 326 g/mol. The van der Waals surface area contributed by atoms with E-state index in [0.717, 1.165) is 16.6 Å². The van der Waals surface area contributed by atoms with E-state index in [1.807, 2.05) is 19.1 Å². The zero-order chi connectivity index (χ0) is 13.0. The Hall–Kier alpha value is -1.20. The minimum Gasteiger partial charge on any atom is -0.462 e.